The molecule has 0 spiro atoms. The van der Waals surface area contributed by atoms with Gasteiger partial charge in [0.25, 0.3) is 15.5 Å². The fourth-order valence-corrected chi connectivity index (χ4v) is 2.78. The molecule has 1 aromatic rings. The predicted molar refractivity (Wildman–Crippen MR) is 58.7 cm³/mol. The van der Waals surface area contributed by atoms with Gasteiger partial charge in [-0.25, -0.2) is 17.2 Å². The molecule has 8 heteroatoms. The monoisotopic (exact) mass is 299 g/mol. The summed E-state index contributed by atoms with van der Waals surface area (Å²) in [6.45, 7) is 0. The molecule has 0 radical (unpaired) electrons. The average Bonchev–Trinajstić information content (AvgIpc) is 2.25. The van der Waals surface area contributed by atoms with Crippen LogP contribution in [0.5, 0.6) is 0 Å². The summed E-state index contributed by atoms with van der Waals surface area (Å²) >= 11 is 5.49. The Morgan fingerprint density at radius 1 is 1.41 bits per heavy atom. The summed E-state index contributed by atoms with van der Waals surface area (Å²) in [5, 5.41) is 8.75. The molecule has 0 heterocycles. The number of halogens is 4. The van der Waals surface area contributed by atoms with Crippen molar-refractivity contribution in [3.8, 4) is 6.07 Å². The molecule has 1 aromatic carbocycles. The van der Waals surface area contributed by atoms with E-state index in [0.717, 1.165) is 12.1 Å². The predicted octanol–water partition coefficient (Wildman–Crippen LogP) is 3.16. The van der Waals surface area contributed by atoms with E-state index in [2.05, 4.69) is 0 Å². The molecule has 0 bridgehead atoms. The van der Waals surface area contributed by atoms with E-state index in [9.17, 15) is 17.2 Å². The van der Waals surface area contributed by atoms with Crippen molar-refractivity contribution in [3.05, 3.63) is 28.8 Å². The SMILES string of the molecule is N#Cc1cc(C(F)F)cc(S(=O)(=O)Cl)c1CCl. The fourth-order valence-electron chi connectivity index (χ4n) is 1.25. The molecular formula is C9H5Cl2F2NO2S. The lowest BCUT2D eigenvalue weighted by atomic mass is 10.1. The summed E-state index contributed by atoms with van der Waals surface area (Å²) in [6.07, 6.45) is -2.90. The minimum absolute atomic E-state index is 0.0754. The number of hydrogen-bond acceptors (Lipinski definition) is 3. The standard InChI is InChI=1S/C9H5Cl2F2NO2S/c10-3-7-6(4-14)1-5(9(12)13)2-8(7)17(11,15)16/h1-2,9H,3H2. The minimum Gasteiger partial charge on any atom is -0.207 e. The highest BCUT2D eigenvalue weighted by Gasteiger charge is 2.22. The number of hydrogen-bond donors (Lipinski definition) is 0. The Labute approximate surface area is 106 Å². The van der Waals surface area contributed by atoms with Crippen molar-refractivity contribution < 1.29 is 17.2 Å². The average molecular weight is 300 g/mol. The molecule has 0 saturated heterocycles. The Morgan fingerprint density at radius 3 is 2.35 bits per heavy atom. The highest BCUT2D eigenvalue weighted by molar-refractivity contribution is 8.13. The molecule has 0 fully saturated rings. The molecule has 0 atom stereocenters. The van der Waals surface area contributed by atoms with Gasteiger partial charge in [-0.1, -0.05) is 0 Å². The Morgan fingerprint density at radius 2 is 2.00 bits per heavy atom. The van der Waals surface area contributed by atoms with Gasteiger partial charge in [0.05, 0.1) is 22.4 Å². The van der Waals surface area contributed by atoms with Crippen LogP contribution in [-0.2, 0) is 14.9 Å². The summed E-state index contributed by atoms with van der Waals surface area (Å²) in [5.74, 6) is -0.312. The molecule has 0 aromatic heterocycles. The Kier molecular flexibility index (Phi) is 4.31. The number of benzene rings is 1. The van der Waals surface area contributed by atoms with Gasteiger partial charge in [-0.15, -0.1) is 11.6 Å². The fraction of sp³-hybridized carbons (Fsp3) is 0.222. The quantitative estimate of drug-likeness (QED) is 0.636. The molecule has 0 aliphatic heterocycles. The molecular weight excluding hydrogens is 295 g/mol. The molecule has 0 aliphatic carbocycles. The third kappa shape index (κ3) is 3.06. The third-order valence-electron chi connectivity index (χ3n) is 2.00. The second-order valence-electron chi connectivity index (χ2n) is 3.03. The number of alkyl halides is 3. The van der Waals surface area contributed by atoms with Gasteiger partial charge in [0.1, 0.15) is 0 Å². The largest absolute Gasteiger partial charge is 0.263 e. The van der Waals surface area contributed by atoms with Gasteiger partial charge in [0.15, 0.2) is 0 Å². The zero-order chi connectivity index (χ0) is 13.2. The van der Waals surface area contributed by atoms with E-state index < -0.39 is 25.9 Å². The van der Waals surface area contributed by atoms with Crippen molar-refractivity contribution >= 4 is 31.3 Å². The summed E-state index contributed by atoms with van der Waals surface area (Å²) in [5.41, 5.74) is -0.889. The van der Waals surface area contributed by atoms with Crippen LogP contribution >= 0.6 is 22.3 Å². The van der Waals surface area contributed by atoms with Crippen LogP contribution in [0.1, 0.15) is 23.1 Å². The van der Waals surface area contributed by atoms with E-state index in [4.69, 9.17) is 27.5 Å². The maximum atomic E-state index is 12.5. The molecule has 3 nitrogen and oxygen atoms in total. The summed E-state index contributed by atoms with van der Waals surface area (Å²) in [7, 11) is 0.876. The lowest BCUT2D eigenvalue weighted by Gasteiger charge is -2.09. The Hall–Kier alpha value is -0.900. The van der Waals surface area contributed by atoms with Gasteiger partial charge in [-0.2, -0.15) is 5.26 Å². The van der Waals surface area contributed by atoms with Crippen LogP contribution < -0.4 is 0 Å². The van der Waals surface area contributed by atoms with E-state index >= 15 is 0 Å². The molecule has 92 valence electrons. The van der Waals surface area contributed by atoms with Gasteiger partial charge < -0.3 is 0 Å². The van der Waals surface area contributed by atoms with Crippen LogP contribution in [-0.4, -0.2) is 8.42 Å². The molecule has 0 unspecified atom stereocenters. The van der Waals surface area contributed by atoms with Crippen LogP contribution in [0.25, 0.3) is 0 Å². The first-order chi connectivity index (χ1) is 7.81. The maximum absolute atomic E-state index is 12.5. The third-order valence-corrected chi connectivity index (χ3v) is 3.66. The second kappa shape index (κ2) is 5.17. The first-order valence-corrected chi connectivity index (χ1v) is 7.01. The highest BCUT2D eigenvalue weighted by Crippen LogP contribution is 2.30. The minimum atomic E-state index is -4.23. The van der Waals surface area contributed by atoms with Crippen LogP contribution in [0.4, 0.5) is 8.78 Å². The number of nitriles is 1. The summed E-state index contributed by atoms with van der Waals surface area (Å²) in [6, 6.07) is 3.24. The lowest BCUT2D eigenvalue weighted by molar-refractivity contribution is 0.151. The van der Waals surface area contributed by atoms with Gasteiger partial charge >= 0.3 is 0 Å². The zero-order valence-corrected chi connectivity index (χ0v) is 10.5. The summed E-state index contributed by atoms with van der Waals surface area (Å²) in [4.78, 5) is -0.552. The smallest absolute Gasteiger partial charge is 0.207 e. The molecule has 0 N–H and O–H groups in total. The van der Waals surface area contributed by atoms with Gasteiger partial charge in [0.2, 0.25) is 0 Å². The van der Waals surface area contributed by atoms with Gasteiger partial charge in [0, 0.05) is 21.8 Å². The van der Waals surface area contributed by atoms with E-state index in [-0.39, 0.29) is 17.0 Å². The van der Waals surface area contributed by atoms with Crippen molar-refractivity contribution in [3.63, 3.8) is 0 Å². The molecule has 0 aliphatic rings. The molecule has 0 amide bonds. The first-order valence-electron chi connectivity index (χ1n) is 4.17. The summed E-state index contributed by atoms with van der Waals surface area (Å²) < 4.78 is 47.4. The van der Waals surface area contributed by atoms with Crippen molar-refractivity contribution in [2.24, 2.45) is 0 Å². The van der Waals surface area contributed by atoms with Crippen LogP contribution in [0, 0.1) is 11.3 Å². The van der Waals surface area contributed by atoms with Crippen LogP contribution in [0.2, 0.25) is 0 Å². The van der Waals surface area contributed by atoms with Crippen molar-refractivity contribution in [2.75, 3.05) is 0 Å². The normalized spacial score (nSPS) is 11.5. The Bertz CT molecular complexity index is 581. The van der Waals surface area contributed by atoms with E-state index in [1.165, 1.54) is 0 Å². The first kappa shape index (κ1) is 14.2. The maximum Gasteiger partial charge on any atom is 0.263 e. The second-order valence-corrected chi connectivity index (χ2v) is 5.83. The van der Waals surface area contributed by atoms with Crippen LogP contribution in [0.3, 0.4) is 0 Å². The van der Waals surface area contributed by atoms with Gasteiger partial charge in [-0.3, -0.25) is 0 Å². The van der Waals surface area contributed by atoms with E-state index in [1.807, 2.05) is 0 Å². The number of nitrogens with zero attached hydrogens (tertiary/aromatic N) is 1. The molecule has 17 heavy (non-hydrogen) atoms. The highest BCUT2D eigenvalue weighted by atomic mass is 35.7. The van der Waals surface area contributed by atoms with E-state index in [1.54, 1.807) is 6.07 Å². The topological polar surface area (TPSA) is 57.9 Å². The van der Waals surface area contributed by atoms with E-state index in [0.29, 0.717) is 0 Å². The molecule has 0 saturated carbocycles. The zero-order valence-electron chi connectivity index (χ0n) is 8.12. The lowest BCUT2D eigenvalue weighted by Crippen LogP contribution is -2.02. The van der Waals surface area contributed by atoms with Gasteiger partial charge in [-0.05, 0) is 12.1 Å². The van der Waals surface area contributed by atoms with Crippen LogP contribution in [0.15, 0.2) is 17.0 Å². The van der Waals surface area contributed by atoms with Crippen molar-refractivity contribution in [2.45, 2.75) is 17.2 Å². The number of rotatable bonds is 3. The Balaban J connectivity index is 3.68. The van der Waals surface area contributed by atoms with Crippen molar-refractivity contribution in [1.82, 2.24) is 0 Å². The molecule has 1 rings (SSSR count). The van der Waals surface area contributed by atoms with Crippen molar-refractivity contribution in [1.29, 1.82) is 5.26 Å².